The van der Waals surface area contributed by atoms with Crippen LogP contribution in [0.3, 0.4) is 0 Å². The molecule has 1 aliphatic heterocycles. The molecule has 1 heterocycles. The van der Waals surface area contributed by atoms with Gasteiger partial charge in [0.05, 0.1) is 5.75 Å². The maximum Gasteiger partial charge on any atom is 0.210 e. The van der Waals surface area contributed by atoms with Gasteiger partial charge in [-0.1, -0.05) is 0 Å². The fourth-order valence-corrected chi connectivity index (χ4v) is 2.14. The number of hydrogen-bond donors (Lipinski definition) is 2. The summed E-state index contributed by atoms with van der Waals surface area (Å²) in [5, 5.41) is 7.99. The molecule has 1 aliphatic rings. The van der Waals surface area contributed by atoms with E-state index in [2.05, 4.69) is 17.3 Å². The number of rotatable bonds is 5. The highest BCUT2D eigenvalue weighted by molar-refractivity contribution is 7.89. The zero-order chi connectivity index (χ0) is 10.6. The topological polar surface area (TPSA) is 75.4 Å². The van der Waals surface area contributed by atoms with Crippen LogP contribution in [0.15, 0.2) is 0 Å². The summed E-state index contributed by atoms with van der Waals surface area (Å²) < 4.78 is 21.2. The average Bonchev–Trinajstić information content (AvgIpc) is 2.44. The third kappa shape index (κ3) is 4.90. The summed E-state index contributed by atoms with van der Waals surface area (Å²) in [7, 11) is -1.20. The Morgan fingerprint density at radius 2 is 2.29 bits per heavy atom. The smallest absolute Gasteiger partial charge is 0.210 e. The average molecular weight is 221 g/mol. The first kappa shape index (κ1) is 11.9. The fraction of sp³-hybridized carbons (Fsp3) is 1.00. The molecule has 0 aliphatic carbocycles. The molecule has 84 valence electrons. The van der Waals surface area contributed by atoms with Crippen molar-refractivity contribution in [3.05, 3.63) is 0 Å². The van der Waals surface area contributed by atoms with E-state index in [1.54, 1.807) is 0 Å². The molecule has 0 bridgehead atoms. The van der Waals surface area contributed by atoms with Crippen molar-refractivity contribution in [3.8, 4) is 0 Å². The molecule has 6 heteroatoms. The van der Waals surface area contributed by atoms with E-state index in [1.807, 2.05) is 0 Å². The van der Waals surface area contributed by atoms with E-state index in [9.17, 15) is 8.42 Å². The molecule has 3 N–H and O–H groups in total. The molecule has 1 atom stereocenters. The Morgan fingerprint density at radius 3 is 2.79 bits per heavy atom. The van der Waals surface area contributed by atoms with Crippen molar-refractivity contribution in [3.63, 3.8) is 0 Å². The zero-order valence-electron chi connectivity index (χ0n) is 8.57. The number of sulfonamides is 1. The van der Waals surface area contributed by atoms with E-state index in [1.165, 1.54) is 6.42 Å². The SMILES string of the molecule is CN1CCC(CNCCS(N)(=O)=O)C1. The quantitative estimate of drug-likeness (QED) is 0.573. The minimum Gasteiger partial charge on any atom is -0.315 e. The van der Waals surface area contributed by atoms with Crippen LogP contribution in [0.2, 0.25) is 0 Å². The Labute approximate surface area is 85.7 Å². The molecule has 0 saturated carbocycles. The van der Waals surface area contributed by atoms with Gasteiger partial charge in [0, 0.05) is 13.1 Å². The Bertz CT molecular complexity index is 266. The summed E-state index contributed by atoms with van der Waals surface area (Å²) in [6.07, 6.45) is 1.19. The lowest BCUT2D eigenvalue weighted by atomic mass is 10.1. The normalized spacial score (nSPS) is 24.3. The summed E-state index contributed by atoms with van der Waals surface area (Å²) in [6.45, 7) is 3.59. The lowest BCUT2D eigenvalue weighted by Gasteiger charge is -2.10. The molecular weight excluding hydrogens is 202 g/mol. The van der Waals surface area contributed by atoms with Gasteiger partial charge in [-0.3, -0.25) is 0 Å². The number of primary sulfonamides is 1. The molecule has 1 saturated heterocycles. The van der Waals surface area contributed by atoms with E-state index in [4.69, 9.17) is 5.14 Å². The minimum absolute atomic E-state index is 0.0234. The van der Waals surface area contributed by atoms with E-state index in [0.29, 0.717) is 12.5 Å². The molecule has 5 nitrogen and oxygen atoms in total. The Morgan fingerprint density at radius 1 is 1.57 bits per heavy atom. The molecule has 1 unspecified atom stereocenters. The Hall–Kier alpha value is -0.170. The highest BCUT2D eigenvalue weighted by Gasteiger charge is 2.18. The van der Waals surface area contributed by atoms with Crippen LogP contribution in [-0.2, 0) is 10.0 Å². The van der Waals surface area contributed by atoms with Crippen molar-refractivity contribution in [2.45, 2.75) is 6.42 Å². The summed E-state index contributed by atoms with van der Waals surface area (Å²) in [5.74, 6) is 0.677. The van der Waals surface area contributed by atoms with Gasteiger partial charge < -0.3 is 10.2 Å². The van der Waals surface area contributed by atoms with Crippen LogP contribution in [-0.4, -0.2) is 52.3 Å². The second-order valence-electron chi connectivity index (χ2n) is 3.99. The highest BCUT2D eigenvalue weighted by atomic mass is 32.2. The van der Waals surface area contributed by atoms with Gasteiger partial charge in [-0.15, -0.1) is 0 Å². The molecule has 0 aromatic rings. The highest BCUT2D eigenvalue weighted by Crippen LogP contribution is 2.12. The predicted octanol–water partition coefficient (Wildman–Crippen LogP) is -1.18. The van der Waals surface area contributed by atoms with Crippen LogP contribution in [0, 0.1) is 5.92 Å². The molecule has 0 aromatic carbocycles. The largest absolute Gasteiger partial charge is 0.315 e. The summed E-state index contributed by atoms with van der Waals surface area (Å²) in [4.78, 5) is 2.28. The lowest BCUT2D eigenvalue weighted by Crippen LogP contribution is -2.31. The molecule has 0 aromatic heterocycles. The predicted molar refractivity (Wildman–Crippen MR) is 56.4 cm³/mol. The van der Waals surface area contributed by atoms with Crippen LogP contribution in [0.25, 0.3) is 0 Å². The van der Waals surface area contributed by atoms with Gasteiger partial charge >= 0.3 is 0 Å². The monoisotopic (exact) mass is 221 g/mol. The molecule has 0 amide bonds. The van der Waals surface area contributed by atoms with Gasteiger partial charge in [-0.2, -0.15) is 0 Å². The van der Waals surface area contributed by atoms with Gasteiger partial charge in [0.25, 0.3) is 0 Å². The first-order chi connectivity index (χ1) is 6.47. The maximum absolute atomic E-state index is 10.6. The van der Waals surface area contributed by atoms with Gasteiger partial charge in [-0.25, -0.2) is 13.6 Å². The van der Waals surface area contributed by atoms with Crippen molar-refractivity contribution in [2.75, 3.05) is 39.0 Å². The van der Waals surface area contributed by atoms with Crippen molar-refractivity contribution in [1.29, 1.82) is 0 Å². The number of nitrogens with one attached hydrogen (secondary N) is 1. The molecule has 1 fully saturated rings. The number of likely N-dealkylation sites (tertiary alicyclic amines) is 1. The summed E-state index contributed by atoms with van der Waals surface area (Å²) >= 11 is 0. The molecule has 0 spiro atoms. The van der Waals surface area contributed by atoms with Gasteiger partial charge in [0.1, 0.15) is 0 Å². The van der Waals surface area contributed by atoms with Gasteiger partial charge in [-0.05, 0) is 32.5 Å². The molecule has 14 heavy (non-hydrogen) atoms. The van der Waals surface area contributed by atoms with Gasteiger partial charge in [0.15, 0.2) is 0 Å². The molecular formula is C8H19N3O2S. The van der Waals surface area contributed by atoms with Crippen molar-refractivity contribution in [2.24, 2.45) is 11.1 Å². The molecule has 0 radical (unpaired) electrons. The standard InChI is InChI=1S/C8H19N3O2S/c1-11-4-2-8(7-11)6-10-3-5-14(9,12)13/h8,10H,2-7H2,1H3,(H2,9,12,13). The summed E-state index contributed by atoms with van der Waals surface area (Å²) in [6, 6.07) is 0. The number of nitrogens with two attached hydrogens (primary N) is 1. The second-order valence-corrected chi connectivity index (χ2v) is 5.72. The lowest BCUT2D eigenvalue weighted by molar-refractivity contribution is 0.389. The van der Waals surface area contributed by atoms with E-state index < -0.39 is 10.0 Å². The van der Waals surface area contributed by atoms with Crippen molar-refractivity contribution in [1.82, 2.24) is 10.2 Å². The van der Waals surface area contributed by atoms with E-state index in [0.717, 1.165) is 19.6 Å². The Balaban J connectivity index is 2.05. The first-order valence-corrected chi connectivity index (χ1v) is 6.58. The van der Waals surface area contributed by atoms with Crippen LogP contribution in [0.4, 0.5) is 0 Å². The second kappa shape index (κ2) is 5.06. The summed E-state index contributed by atoms with van der Waals surface area (Å²) in [5.41, 5.74) is 0. The minimum atomic E-state index is -3.30. The van der Waals surface area contributed by atoms with Crippen LogP contribution < -0.4 is 10.5 Å². The molecule has 1 rings (SSSR count). The first-order valence-electron chi connectivity index (χ1n) is 4.87. The third-order valence-electron chi connectivity index (χ3n) is 2.49. The van der Waals surface area contributed by atoms with E-state index in [-0.39, 0.29) is 5.75 Å². The van der Waals surface area contributed by atoms with Crippen LogP contribution >= 0.6 is 0 Å². The number of hydrogen-bond acceptors (Lipinski definition) is 4. The third-order valence-corrected chi connectivity index (χ3v) is 3.26. The zero-order valence-corrected chi connectivity index (χ0v) is 9.39. The van der Waals surface area contributed by atoms with Crippen molar-refractivity contribution < 1.29 is 8.42 Å². The van der Waals surface area contributed by atoms with Crippen LogP contribution in [0.5, 0.6) is 0 Å². The van der Waals surface area contributed by atoms with Crippen LogP contribution in [0.1, 0.15) is 6.42 Å². The van der Waals surface area contributed by atoms with Gasteiger partial charge in [0.2, 0.25) is 10.0 Å². The van der Waals surface area contributed by atoms with E-state index >= 15 is 0 Å². The maximum atomic E-state index is 10.6. The fourth-order valence-electron chi connectivity index (χ4n) is 1.71. The number of nitrogens with zero attached hydrogens (tertiary/aromatic N) is 1. The Kier molecular flexibility index (Phi) is 4.31. The van der Waals surface area contributed by atoms with Crippen molar-refractivity contribution >= 4 is 10.0 Å².